The number of fused-ring (bicyclic) bond motifs is 9. The van der Waals surface area contributed by atoms with E-state index in [9.17, 15) is 0 Å². The standard InChI is InChI=1S/C47H29N3O2/c1-2-12-30(13-3-1)45-48-46(33-19-18-28-10-4-5-14-31(28)26-33)50-47(49-45)44-35(22-25-41-43(44)36-16-8-9-17-38(36)51-41)32-21-23-39-37(27-32)42-34-15-7-6-11-29(34)20-24-40(42)52-39/h1-27,47H,(H,48,49,50). The van der Waals surface area contributed by atoms with Crippen molar-refractivity contribution < 1.29 is 8.83 Å². The number of benzene rings is 8. The summed E-state index contributed by atoms with van der Waals surface area (Å²) < 4.78 is 12.9. The smallest absolute Gasteiger partial charge is 0.171 e. The molecule has 244 valence electrons. The van der Waals surface area contributed by atoms with Crippen LogP contribution in [-0.4, -0.2) is 11.7 Å². The zero-order valence-electron chi connectivity index (χ0n) is 27.9. The van der Waals surface area contributed by atoms with Crippen LogP contribution in [0.4, 0.5) is 0 Å². The van der Waals surface area contributed by atoms with Crippen LogP contribution in [0.15, 0.2) is 183 Å². The van der Waals surface area contributed by atoms with Crippen LogP contribution in [0.5, 0.6) is 0 Å². The van der Waals surface area contributed by atoms with Gasteiger partial charge < -0.3 is 14.2 Å². The van der Waals surface area contributed by atoms with Gasteiger partial charge in [-0.2, -0.15) is 0 Å². The lowest BCUT2D eigenvalue weighted by atomic mass is 9.92. The third kappa shape index (κ3) is 4.49. The lowest BCUT2D eigenvalue weighted by molar-refractivity contribution is 0.667. The van der Waals surface area contributed by atoms with Crippen LogP contribution in [0.25, 0.3) is 76.5 Å². The van der Waals surface area contributed by atoms with Crippen molar-refractivity contribution in [2.75, 3.05) is 0 Å². The minimum atomic E-state index is -0.574. The number of amidine groups is 2. The van der Waals surface area contributed by atoms with Gasteiger partial charge in [0.2, 0.25) is 0 Å². The van der Waals surface area contributed by atoms with Crippen molar-refractivity contribution in [3.63, 3.8) is 0 Å². The topological polar surface area (TPSA) is 63.0 Å². The quantitative estimate of drug-likeness (QED) is 0.203. The van der Waals surface area contributed by atoms with E-state index in [2.05, 4.69) is 139 Å². The van der Waals surface area contributed by atoms with Crippen molar-refractivity contribution in [3.8, 4) is 11.1 Å². The van der Waals surface area contributed by atoms with Gasteiger partial charge in [0.15, 0.2) is 6.17 Å². The number of hydrogen-bond donors (Lipinski definition) is 1. The number of hydrogen-bond acceptors (Lipinski definition) is 5. The van der Waals surface area contributed by atoms with Crippen molar-refractivity contribution in [3.05, 3.63) is 180 Å². The predicted octanol–water partition coefficient (Wildman–Crippen LogP) is 12.0. The zero-order chi connectivity index (χ0) is 34.2. The van der Waals surface area contributed by atoms with Gasteiger partial charge >= 0.3 is 0 Å². The molecule has 5 heteroatoms. The molecule has 8 aromatic carbocycles. The fourth-order valence-corrected chi connectivity index (χ4v) is 7.88. The second-order valence-electron chi connectivity index (χ2n) is 13.4. The molecule has 1 N–H and O–H groups in total. The Kier molecular flexibility index (Phi) is 6.25. The van der Waals surface area contributed by atoms with Crippen molar-refractivity contribution in [1.82, 2.24) is 5.32 Å². The van der Waals surface area contributed by atoms with Gasteiger partial charge in [-0.3, -0.25) is 0 Å². The van der Waals surface area contributed by atoms with Crippen LogP contribution < -0.4 is 5.32 Å². The molecule has 0 saturated heterocycles. The second-order valence-corrected chi connectivity index (χ2v) is 13.4. The zero-order valence-corrected chi connectivity index (χ0v) is 27.9. The Morgan fingerprint density at radius 2 is 1.02 bits per heavy atom. The fraction of sp³-hybridized carbons (Fsp3) is 0.0213. The molecule has 2 aromatic heterocycles. The summed E-state index contributed by atoms with van der Waals surface area (Å²) in [6.45, 7) is 0. The van der Waals surface area contributed by atoms with E-state index in [0.29, 0.717) is 0 Å². The highest BCUT2D eigenvalue weighted by molar-refractivity contribution is 6.20. The molecule has 0 fully saturated rings. The molecule has 0 radical (unpaired) electrons. The SMILES string of the molecule is c1ccc(C2=NC(c3c(-c4ccc5oc6ccc7ccccc7c6c5c4)ccc4oc5ccccc5c34)N=C(c3ccc4ccccc4c3)N2)cc1. The molecule has 0 saturated carbocycles. The number of furan rings is 2. The van der Waals surface area contributed by atoms with E-state index in [1.807, 2.05) is 30.3 Å². The van der Waals surface area contributed by atoms with Crippen molar-refractivity contribution >= 4 is 77.1 Å². The number of rotatable bonds is 4. The minimum absolute atomic E-state index is 0.574. The fourth-order valence-electron chi connectivity index (χ4n) is 7.88. The van der Waals surface area contributed by atoms with Crippen molar-refractivity contribution in [1.29, 1.82) is 0 Å². The highest BCUT2D eigenvalue weighted by Gasteiger charge is 2.27. The molecule has 10 aromatic rings. The predicted molar refractivity (Wildman–Crippen MR) is 213 cm³/mol. The van der Waals surface area contributed by atoms with Crippen LogP contribution in [0.3, 0.4) is 0 Å². The lowest BCUT2D eigenvalue weighted by Crippen LogP contribution is -2.36. The van der Waals surface area contributed by atoms with Gasteiger partial charge in [0.05, 0.1) is 0 Å². The molecule has 0 amide bonds. The Balaban J connectivity index is 1.20. The number of nitrogens with zero attached hydrogens (tertiary/aromatic N) is 2. The maximum absolute atomic E-state index is 6.48. The van der Waals surface area contributed by atoms with Gasteiger partial charge in [-0.1, -0.05) is 127 Å². The van der Waals surface area contributed by atoms with Crippen LogP contribution in [-0.2, 0) is 0 Å². The average Bonchev–Trinajstić information content (AvgIpc) is 3.79. The summed E-state index contributed by atoms with van der Waals surface area (Å²) in [6.07, 6.45) is -0.574. The maximum Gasteiger partial charge on any atom is 0.171 e. The van der Waals surface area contributed by atoms with E-state index >= 15 is 0 Å². The molecule has 0 aliphatic carbocycles. The number of para-hydroxylation sites is 1. The van der Waals surface area contributed by atoms with Crippen molar-refractivity contribution in [2.45, 2.75) is 6.17 Å². The van der Waals surface area contributed by atoms with E-state index in [1.165, 1.54) is 16.2 Å². The summed E-state index contributed by atoms with van der Waals surface area (Å²) in [7, 11) is 0. The van der Waals surface area contributed by atoms with E-state index in [-0.39, 0.29) is 0 Å². The Labute approximate surface area is 298 Å². The highest BCUT2D eigenvalue weighted by atomic mass is 16.3. The van der Waals surface area contributed by atoms with Crippen LogP contribution in [0.1, 0.15) is 22.9 Å². The van der Waals surface area contributed by atoms with Gasteiger partial charge in [0.25, 0.3) is 0 Å². The van der Waals surface area contributed by atoms with E-state index in [1.54, 1.807) is 0 Å². The second kappa shape index (κ2) is 11.3. The molecular formula is C47H29N3O2. The molecule has 1 atom stereocenters. The Bertz CT molecular complexity index is 3110. The third-order valence-corrected chi connectivity index (χ3v) is 10.3. The Hall–Kier alpha value is -6.98. The lowest BCUT2D eigenvalue weighted by Gasteiger charge is -2.24. The molecule has 0 spiro atoms. The summed E-state index contributed by atoms with van der Waals surface area (Å²) >= 11 is 0. The van der Waals surface area contributed by atoms with Crippen LogP contribution in [0.2, 0.25) is 0 Å². The first-order chi connectivity index (χ1) is 25.7. The molecular weight excluding hydrogens is 639 g/mol. The molecule has 1 unspecified atom stereocenters. The van der Waals surface area contributed by atoms with Gasteiger partial charge in [-0.25, -0.2) is 9.98 Å². The molecule has 52 heavy (non-hydrogen) atoms. The first-order valence-corrected chi connectivity index (χ1v) is 17.5. The summed E-state index contributed by atoms with van der Waals surface area (Å²) in [4.78, 5) is 10.8. The van der Waals surface area contributed by atoms with Gasteiger partial charge in [0.1, 0.15) is 34.0 Å². The summed E-state index contributed by atoms with van der Waals surface area (Å²) in [5.74, 6) is 1.53. The number of nitrogens with one attached hydrogen (secondary N) is 1. The maximum atomic E-state index is 6.48. The van der Waals surface area contributed by atoms with E-state index < -0.39 is 6.17 Å². The van der Waals surface area contributed by atoms with Crippen LogP contribution in [0, 0.1) is 0 Å². The molecule has 1 aliphatic rings. The first kappa shape index (κ1) is 28.8. The molecule has 1 aliphatic heterocycles. The largest absolute Gasteiger partial charge is 0.456 e. The Morgan fingerprint density at radius 1 is 0.404 bits per heavy atom. The monoisotopic (exact) mass is 667 g/mol. The van der Waals surface area contributed by atoms with Gasteiger partial charge in [0, 0.05) is 38.2 Å². The van der Waals surface area contributed by atoms with E-state index in [0.717, 1.165) is 88.8 Å². The normalized spacial score (nSPS) is 14.7. The van der Waals surface area contributed by atoms with Crippen molar-refractivity contribution in [2.24, 2.45) is 9.98 Å². The third-order valence-electron chi connectivity index (χ3n) is 10.3. The first-order valence-electron chi connectivity index (χ1n) is 17.5. The highest BCUT2D eigenvalue weighted by Crippen LogP contribution is 2.44. The van der Waals surface area contributed by atoms with Gasteiger partial charge in [-0.15, -0.1) is 0 Å². The summed E-state index contributed by atoms with van der Waals surface area (Å²) in [5, 5.41) is 12.5. The molecule has 0 bridgehead atoms. The van der Waals surface area contributed by atoms with Gasteiger partial charge in [-0.05, 0) is 69.1 Å². The summed E-state index contributed by atoms with van der Waals surface area (Å²) in [5.41, 5.74) is 8.45. The molecule has 3 heterocycles. The average molecular weight is 668 g/mol. The molecule has 5 nitrogen and oxygen atoms in total. The summed E-state index contributed by atoms with van der Waals surface area (Å²) in [6, 6.07) is 56.8. The Morgan fingerprint density at radius 3 is 1.88 bits per heavy atom. The molecule has 11 rings (SSSR count). The number of aliphatic imine (C=N–C) groups is 2. The van der Waals surface area contributed by atoms with Crippen LogP contribution >= 0.6 is 0 Å². The minimum Gasteiger partial charge on any atom is -0.456 e. The van der Waals surface area contributed by atoms with E-state index in [4.69, 9.17) is 18.8 Å².